The molecule has 116 valence electrons. The number of anilines is 2. The molecule has 1 aromatic carbocycles. The van der Waals surface area contributed by atoms with Crippen LogP contribution < -0.4 is 15.5 Å². The number of nitrogens with zero attached hydrogens (tertiary/aromatic N) is 2. The largest absolute Gasteiger partial charge is 0.371 e. The summed E-state index contributed by atoms with van der Waals surface area (Å²) in [6.07, 6.45) is 3.75. The van der Waals surface area contributed by atoms with E-state index in [0.29, 0.717) is 0 Å². The minimum absolute atomic E-state index is 0.156. The molecule has 0 saturated heterocycles. The van der Waals surface area contributed by atoms with Crippen molar-refractivity contribution < 1.29 is 0 Å². The van der Waals surface area contributed by atoms with Crippen molar-refractivity contribution in [1.82, 2.24) is 0 Å². The van der Waals surface area contributed by atoms with Crippen LogP contribution in [0.4, 0.5) is 11.4 Å². The molecule has 1 fully saturated rings. The topological polar surface area (TPSA) is 32.5 Å². The Bertz CT molecular complexity index is 501. The molecule has 0 aromatic heterocycles. The summed E-state index contributed by atoms with van der Waals surface area (Å²) in [6.45, 7) is 7.73. The van der Waals surface area contributed by atoms with Gasteiger partial charge in [-0.2, -0.15) is 0 Å². The monoisotopic (exact) mass is 287 g/mol. The van der Waals surface area contributed by atoms with Crippen LogP contribution in [0.5, 0.6) is 0 Å². The molecule has 3 heteroatoms. The number of hydrogen-bond acceptors (Lipinski definition) is 3. The van der Waals surface area contributed by atoms with Crippen LogP contribution >= 0.6 is 0 Å². The van der Waals surface area contributed by atoms with Crippen LogP contribution in [0, 0.1) is 11.8 Å². The molecule has 1 aliphatic heterocycles. The summed E-state index contributed by atoms with van der Waals surface area (Å²) in [4.78, 5) is 5.00. The average molecular weight is 287 g/mol. The zero-order chi connectivity index (χ0) is 15.0. The second-order valence-electron chi connectivity index (χ2n) is 7.19. The van der Waals surface area contributed by atoms with Crippen molar-refractivity contribution in [2.24, 2.45) is 17.6 Å². The smallest absolute Gasteiger partial charge is 0.0609 e. The molecule has 3 atom stereocenters. The standard InChI is InChI=1S/C18H29N3/c1-14-8-9-18(13-19,12-15(14)2)21-11-10-20(3)16-6-4-5-7-17(16)21/h4-7,14-15H,8-13,19H2,1-3H3. The molecule has 0 radical (unpaired) electrons. The summed E-state index contributed by atoms with van der Waals surface area (Å²) in [7, 11) is 2.19. The number of nitrogens with two attached hydrogens (primary N) is 1. The molecule has 0 spiro atoms. The quantitative estimate of drug-likeness (QED) is 0.907. The Morgan fingerprint density at radius 3 is 2.52 bits per heavy atom. The zero-order valence-corrected chi connectivity index (χ0v) is 13.7. The number of para-hydroxylation sites is 2. The first-order valence-corrected chi connectivity index (χ1v) is 8.35. The third-order valence-corrected chi connectivity index (χ3v) is 5.93. The molecule has 21 heavy (non-hydrogen) atoms. The molecular weight excluding hydrogens is 258 g/mol. The maximum Gasteiger partial charge on any atom is 0.0609 e. The molecule has 1 saturated carbocycles. The Morgan fingerprint density at radius 2 is 1.86 bits per heavy atom. The third-order valence-electron chi connectivity index (χ3n) is 5.93. The first-order chi connectivity index (χ1) is 10.1. The van der Waals surface area contributed by atoms with E-state index in [1.807, 2.05) is 0 Å². The average Bonchev–Trinajstić information content (AvgIpc) is 2.51. The Labute approximate surface area is 129 Å². The molecule has 1 aliphatic carbocycles. The lowest BCUT2D eigenvalue weighted by Gasteiger charge is -2.53. The van der Waals surface area contributed by atoms with Crippen LogP contribution in [0.15, 0.2) is 24.3 Å². The molecule has 2 N–H and O–H groups in total. The van der Waals surface area contributed by atoms with Crippen LogP contribution in [0.1, 0.15) is 33.1 Å². The Morgan fingerprint density at radius 1 is 1.14 bits per heavy atom. The van der Waals surface area contributed by atoms with Crippen molar-refractivity contribution in [3.05, 3.63) is 24.3 Å². The third kappa shape index (κ3) is 2.42. The molecular formula is C18H29N3. The van der Waals surface area contributed by atoms with Crippen LogP contribution in [0.2, 0.25) is 0 Å². The zero-order valence-electron chi connectivity index (χ0n) is 13.7. The molecule has 2 aliphatic rings. The summed E-state index contributed by atoms with van der Waals surface area (Å²) in [5, 5.41) is 0. The summed E-state index contributed by atoms with van der Waals surface area (Å²) < 4.78 is 0. The van der Waals surface area contributed by atoms with E-state index < -0.39 is 0 Å². The van der Waals surface area contributed by atoms with Crippen LogP contribution in [-0.4, -0.2) is 32.2 Å². The van der Waals surface area contributed by atoms with E-state index in [-0.39, 0.29) is 5.54 Å². The maximum absolute atomic E-state index is 6.31. The van der Waals surface area contributed by atoms with Gasteiger partial charge in [0.05, 0.1) is 16.9 Å². The summed E-state index contributed by atoms with van der Waals surface area (Å²) in [6, 6.07) is 8.80. The highest BCUT2D eigenvalue weighted by Gasteiger charge is 2.43. The van der Waals surface area contributed by atoms with Gasteiger partial charge in [-0.15, -0.1) is 0 Å². The fourth-order valence-corrected chi connectivity index (χ4v) is 4.22. The summed E-state index contributed by atoms with van der Waals surface area (Å²) in [5.74, 6) is 1.58. The van der Waals surface area contributed by atoms with Crippen LogP contribution in [-0.2, 0) is 0 Å². The fraction of sp³-hybridized carbons (Fsp3) is 0.667. The molecule has 3 nitrogen and oxygen atoms in total. The minimum Gasteiger partial charge on any atom is -0.371 e. The molecule has 0 amide bonds. The second kappa shape index (κ2) is 5.53. The maximum atomic E-state index is 6.31. The molecule has 0 bridgehead atoms. The first kappa shape index (κ1) is 14.7. The highest BCUT2D eigenvalue weighted by atomic mass is 15.3. The summed E-state index contributed by atoms with van der Waals surface area (Å²) >= 11 is 0. The number of rotatable bonds is 2. The number of hydrogen-bond donors (Lipinski definition) is 1. The lowest BCUT2D eigenvalue weighted by molar-refractivity contribution is 0.171. The Hall–Kier alpha value is -1.22. The van der Waals surface area contributed by atoms with E-state index in [4.69, 9.17) is 5.73 Å². The Balaban J connectivity index is 1.97. The normalized spacial score (nSPS) is 33.0. The molecule has 1 heterocycles. The molecule has 3 unspecified atom stereocenters. The van der Waals surface area contributed by atoms with Gasteiger partial charge in [0.25, 0.3) is 0 Å². The van der Waals surface area contributed by atoms with Crippen molar-refractivity contribution in [3.63, 3.8) is 0 Å². The van der Waals surface area contributed by atoms with E-state index in [1.54, 1.807) is 0 Å². The highest BCUT2D eigenvalue weighted by molar-refractivity contribution is 5.74. The van der Waals surface area contributed by atoms with Crippen molar-refractivity contribution >= 4 is 11.4 Å². The molecule has 3 rings (SSSR count). The van der Waals surface area contributed by atoms with E-state index >= 15 is 0 Å². The van der Waals surface area contributed by atoms with Gasteiger partial charge >= 0.3 is 0 Å². The van der Waals surface area contributed by atoms with E-state index in [1.165, 1.54) is 30.6 Å². The van der Waals surface area contributed by atoms with Crippen molar-refractivity contribution in [2.45, 2.75) is 38.6 Å². The van der Waals surface area contributed by atoms with Gasteiger partial charge in [-0.1, -0.05) is 26.0 Å². The van der Waals surface area contributed by atoms with Crippen LogP contribution in [0.25, 0.3) is 0 Å². The number of fused-ring (bicyclic) bond motifs is 1. The van der Waals surface area contributed by atoms with E-state index in [2.05, 4.69) is 55.0 Å². The number of benzene rings is 1. The lowest BCUT2D eigenvalue weighted by atomic mass is 9.70. The van der Waals surface area contributed by atoms with Crippen molar-refractivity contribution in [3.8, 4) is 0 Å². The van der Waals surface area contributed by atoms with Gasteiger partial charge in [-0.3, -0.25) is 0 Å². The van der Waals surface area contributed by atoms with E-state index in [0.717, 1.165) is 31.5 Å². The van der Waals surface area contributed by atoms with Gasteiger partial charge in [0.15, 0.2) is 0 Å². The van der Waals surface area contributed by atoms with Crippen LogP contribution in [0.3, 0.4) is 0 Å². The van der Waals surface area contributed by atoms with Gasteiger partial charge in [0.1, 0.15) is 0 Å². The predicted octanol–water partition coefficient (Wildman–Crippen LogP) is 3.10. The van der Waals surface area contributed by atoms with Gasteiger partial charge in [-0.25, -0.2) is 0 Å². The first-order valence-electron chi connectivity index (χ1n) is 8.35. The second-order valence-corrected chi connectivity index (χ2v) is 7.19. The van der Waals surface area contributed by atoms with Crippen molar-refractivity contribution in [2.75, 3.05) is 36.5 Å². The van der Waals surface area contributed by atoms with Crippen molar-refractivity contribution in [1.29, 1.82) is 0 Å². The minimum atomic E-state index is 0.156. The van der Waals surface area contributed by atoms with Gasteiger partial charge in [-0.05, 0) is 43.2 Å². The predicted molar refractivity (Wildman–Crippen MR) is 91.0 cm³/mol. The van der Waals surface area contributed by atoms with Gasteiger partial charge in [0, 0.05) is 26.7 Å². The SMILES string of the molecule is CC1CCC(CN)(N2CCN(C)c3ccccc32)CC1C. The highest BCUT2D eigenvalue weighted by Crippen LogP contribution is 2.44. The Kier molecular flexibility index (Phi) is 3.87. The molecule has 1 aromatic rings. The summed E-state index contributed by atoms with van der Waals surface area (Å²) in [5.41, 5.74) is 9.19. The fourth-order valence-electron chi connectivity index (χ4n) is 4.22. The number of likely N-dealkylation sites (N-methyl/N-ethyl adjacent to an activating group) is 1. The van der Waals surface area contributed by atoms with E-state index in [9.17, 15) is 0 Å². The van der Waals surface area contributed by atoms with Gasteiger partial charge < -0.3 is 15.5 Å². The lowest BCUT2D eigenvalue weighted by Crippen LogP contribution is -2.60. The van der Waals surface area contributed by atoms with Gasteiger partial charge in [0.2, 0.25) is 0 Å².